The van der Waals surface area contributed by atoms with E-state index >= 15 is 8.78 Å². The van der Waals surface area contributed by atoms with Gasteiger partial charge in [0.05, 0.1) is 19.3 Å². The molecule has 2 atom stereocenters. The summed E-state index contributed by atoms with van der Waals surface area (Å²) in [5.74, 6) is -2.87. The molecule has 44 heavy (non-hydrogen) atoms. The summed E-state index contributed by atoms with van der Waals surface area (Å²) in [5.41, 5.74) is -0.134. The van der Waals surface area contributed by atoms with Crippen LogP contribution in [0.25, 0.3) is 5.78 Å². The zero-order chi connectivity index (χ0) is 31.5. The van der Waals surface area contributed by atoms with Crippen LogP contribution >= 0.6 is 0 Å². The number of imidazole rings is 1. The van der Waals surface area contributed by atoms with Gasteiger partial charge in [0.2, 0.25) is 11.7 Å². The molecule has 2 aliphatic rings. The second-order valence-electron chi connectivity index (χ2n) is 10.9. The summed E-state index contributed by atoms with van der Waals surface area (Å²) in [5, 5.41) is 2.78. The Bertz CT molecular complexity index is 1520. The number of carbonyl (C=O) groups is 4. The second kappa shape index (κ2) is 12.8. The minimum absolute atomic E-state index is 0.0000353. The summed E-state index contributed by atoms with van der Waals surface area (Å²) < 4.78 is 42.0. The molecule has 0 unspecified atom stereocenters. The lowest BCUT2D eigenvalue weighted by molar-refractivity contribution is -0.141. The second-order valence-corrected chi connectivity index (χ2v) is 10.9. The van der Waals surface area contributed by atoms with Crippen LogP contribution < -0.4 is 15.1 Å². The van der Waals surface area contributed by atoms with E-state index in [0.717, 1.165) is 17.0 Å². The number of halogens is 2. The lowest BCUT2D eigenvalue weighted by Gasteiger charge is -2.38. The third-order valence-corrected chi connectivity index (χ3v) is 7.68. The molecule has 0 spiro atoms. The first kappa shape index (κ1) is 30.6. The van der Waals surface area contributed by atoms with Gasteiger partial charge in [-0.15, -0.1) is 0 Å². The monoisotopic (exact) mass is 613 g/mol. The van der Waals surface area contributed by atoms with E-state index in [0.29, 0.717) is 5.78 Å². The van der Waals surface area contributed by atoms with Gasteiger partial charge in [-0.05, 0) is 18.4 Å². The molecule has 3 aromatic rings. The third kappa shape index (κ3) is 6.40. The van der Waals surface area contributed by atoms with Gasteiger partial charge in [0, 0.05) is 63.3 Å². The number of aromatic nitrogens is 3. The average molecular weight is 614 g/mol. The Morgan fingerprint density at radius 1 is 1.14 bits per heavy atom. The summed E-state index contributed by atoms with van der Waals surface area (Å²) >= 11 is 0. The maximum Gasteiger partial charge on any atom is 0.414 e. The highest BCUT2D eigenvalue weighted by Gasteiger charge is 2.35. The number of benzene rings is 1. The van der Waals surface area contributed by atoms with Gasteiger partial charge < -0.3 is 24.6 Å². The number of fused-ring (bicyclic) bond motifs is 1. The maximum atomic E-state index is 15.3. The van der Waals surface area contributed by atoms with Gasteiger partial charge >= 0.3 is 12.1 Å². The summed E-state index contributed by atoms with van der Waals surface area (Å²) in [6, 6.07) is 3.01. The van der Waals surface area contributed by atoms with E-state index in [-0.39, 0.29) is 74.5 Å². The fourth-order valence-corrected chi connectivity index (χ4v) is 5.29. The highest BCUT2D eigenvalue weighted by Crippen LogP contribution is 2.32. The van der Waals surface area contributed by atoms with Crippen molar-refractivity contribution in [1.82, 2.24) is 24.6 Å². The van der Waals surface area contributed by atoms with Gasteiger partial charge in [0.1, 0.15) is 23.5 Å². The van der Waals surface area contributed by atoms with Crippen molar-refractivity contribution >= 4 is 41.0 Å². The normalized spacial score (nSPS) is 17.6. The van der Waals surface area contributed by atoms with Crippen LogP contribution in [0.1, 0.15) is 37.2 Å². The number of carbonyl (C=O) groups excluding carboxylic acids is 4. The number of amides is 3. The molecule has 0 aliphatic carbocycles. The van der Waals surface area contributed by atoms with Crippen LogP contribution in [0.4, 0.5) is 25.0 Å². The van der Waals surface area contributed by atoms with Gasteiger partial charge in [0.15, 0.2) is 11.6 Å². The van der Waals surface area contributed by atoms with Crippen molar-refractivity contribution in [2.75, 3.05) is 49.6 Å². The molecular formula is C29H33F2N7O6. The number of nitrogens with one attached hydrogen (secondary N) is 1. The van der Waals surface area contributed by atoms with Crippen LogP contribution in [0.5, 0.6) is 0 Å². The average Bonchev–Trinajstić information content (AvgIpc) is 3.61. The highest BCUT2D eigenvalue weighted by molar-refractivity contribution is 5.96. The van der Waals surface area contributed by atoms with Crippen molar-refractivity contribution in [3.63, 3.8) is 0 Å². The molecule has 2 fully saturated rings. The number of nitrogens with zero attached hydrogens (tertiary/aromatic N) is 6. The van der Waals surface area contributed by atoms with Crippen LogP contribution in [0.15, 0.2) is 36.8 Å². The van der Waals surface area contributed by atoms with Crippen molar-refractivity contribution < 1.29 is 37.4 Å². The van der Waals surface area contributed by atoms with Crippen molar-refractivity contribution in [2.24, 2.45) is 5.92 Å². The number of esters is 1. The molecule has 0 saturated carbocycles. The molecule has 15 heteroatoms. The molecule has 234 valence electrons. The van der Waals surface area contributed by atoms with E-state index in [9.17, 15) is 19.2 Å². The van der Waals surface area contributed by atoms with Crippen molar-refractivity contribution in [3.05, 3.63) is 54.1 Å². The molecule has 0 bridgehead atoms. The van der Waals surface area contributed by atoms with E-state index in [1.165, 1.54) is 18.2 Å². The lowest BCUT2D eigenvalue weighted by atomic mass is 10.0. The number of cyclic esters (lactones) is 1. The molecule has 1 N–H and O–H groups in total. The molecule has 2 aromatic heterocycles. The Kier molecular flexibility index (Phi) is 8.92. The summed E-state index contributed by atoms with van der Waals surface area (Å²) in [7, 11) is 1.26. The fraction of sp³-hybridized carbons (Fsp3) is 0.448. The summed E-state index contributed by atoms with van der Waals surface area (Å²) in [4.78, 5) is 62.6. The topological polar surface area (TPSA) is 139 Å². The standard InChI is InChI=1S/C29H33F2N7O6/c1-17(2)24(34-26(40)22-16-37-8-4-7-32-28(37)33-22)27(41)36-11-9-35(10-12-36)25-20(30)13-18(14-21(25)31)38-15-19(44-29(38)42)5-6-23(39)43-3/h4,7-8,13-14,16-17,19,24H,5-6,9-12,15H2,1-3H3,(H,34,40)/t19-,24-/m0/s1. The van der Waals surface area contributed by atoms with Crippen molar-refractivity contribution in [1.29, 1.82) is 0 Å². The minimum Gasteiger partial charge on any atom is -0.469 e. The predicted molar refractivity (Wildman–Crippen MR) is 153 cm³/mol. The van der Waals surface area contributed by atoms with Crippen molar-refractivity contribution in [2.45, 2.75) is 38.8 Å². The molecule has 13 nitrogen and oxygen atoms in total. The zero-order valence-electron chi connectivity index (χ0n) is 24.5. The Balaban J connectivity index is 1.20. The van der Waals surface area contributed by atoms with E-state index < -0.39 is 41.7 Å². The van der Waals surface area contributed by atoms with Gasteiger partial charge in [-0.3, -0.25) is 23.7 Å². The Hall–Kier alpha value is -4.82. The number of methoxy groups -OCH3 is 1. The lowest BCUT2D eigenvalue weighted by Crippen LogP contribution is -2.56. The molecule has 5 rings (SSSR count). The Morgan fingerprint density at radius 2 is 1.84 bits per heavy atom. The minimum atomic E-state index is -0.861. The predicted octanol–water partition coefficient (Wildman–Crippen LogP) is 2.39. The van der Waals surface area contributed by atoms with Crippen molar-refractivity contribution in [3.8, 4) is 0 Å². The van der Waals surface area contributed by atoms with Crippen LogP contribution in [0, 0.1) is 17.6 Å². The fourth-order valence-electron chi connectivity index (χ4n) is 5.29. The van der Waals surface area contributed by atoms with E-state index in [1.807, 2.05) is 13.8 Å². The Labute approximate surface area is 251 Å². The molecule has 0 radical (unpaired) electrons. The number of piperazine rings is 1. The molecular weight excluding hydrogens is 580 g/mol. The SMILES string of the molecule is COC(=O)CC[C@H]1CN(c2cc(F)c(N3CCN(C(=O)[C@@H](NC(=O)c4cn5cccnc5n4)C(C)C)CC3)c(F)c2)C(=O)O1. The van der Waals surface area contributed by atoms with E-state index in [4.69, 9.17) is 4.74 Å². The van der Waals surface area contributed by atoms with Crippen LogP contribution in [0.2, 0.25) is 0 Å². The number of ether oxygens (including phenoxy) is 2. The number of hydrogen-bond acceptors (Lipinski definition) is 9. The number of hydrogen-bond donors (Lipinski definition) is 1. The molecule has 2 aliphatic heterocycles. The van der Waals surface area contributed by atoms with Crippen LogP contribution in [0.3, 0.4) is 0 Å². The van der Waals surface area contributed by atoms with Gasteiger partial charge in [-0.1, -0.05) is 13.8 Å². The van der Waals surface area contributed by atoms with Gasteiger partial charge in [-0.25, -0.2) is 23.5 Å². The molecule has 1 aromatic carbocycles. The molecule has 2 saturated heterocycles. The molecule has 4 heterocycles. The Morgan fingerprint density at radius 3 is 2.48 bits per heavy atom. The zero-order valence-corrected chi connectivity index (χ0v) is 24.5. The highest BCUT2D eigenvalue weighted by atomic mass is 19.1. The first-order chi connectivity index (χ1) is 21.0. The first-order valence-electron chi connectivity index (χ1n) is 14.2. The quantitative estimate of drug-likeness (QED) is 0.361. The smallest absolute Gasteiger partial charge is 0.414 e. The van der Waals surface area contributed by atoms with Crippen LogP contribution in [-0.2, 0) is 19.1 Å². The first-order valence-corrected chi connectivity index (χ1v) is 14.2. The number of anilines is 2. The summed E-state index contributed by atoms with van der Waals surface area (Å²) in [6.45, 7) is 4.32. The van der Waals surface area contributed by atoms with E-state index in [1.54, 1.807) is 27.8 Å². The van der Waals surface area contributed by atoms with E-state index in [2.05, 4.69) is 20.0 Å². The molecule has 3 amide bonds. The maximum absolute atomic E-state index is 15.3. The van der Waals surface area contributed by atoms with Crippen LogP contribution in [-0.4, -0.2) is 95.1 Å². The van der Waals surface area contributed by atoms with Gasteiger partial charge in [0.25, 0.3) is 5.91 Å². The summed E-state index contributed by atoms with van der Waals surface area (Å²) in [6.07, 6.45) is 3.69. The third-order valence-electron chi connectivity index (χ3n) is 7.68. The largest absolute Gasteiger partial charge is 0.469 e. The van der Waals surface area contributed by atoms with Gasteiger partial charge in [-0.2, -0.15) is 0 Å². The number of rotatable bonds is 9.